The minimum atomic E-state index is -0.301. The summed E-state index contributed by atoms with van der Waals surface area (Å²) in [5.41, 5.74) is 11.2. The molecule has 5 heteroatoms. The maximum Gasteiger partial charge on any atom is 0.239 e. The van der Waals surface area contributed by atoms with E-state index >= 15 is 0 Å². The fourth-order valence-electron chi connectivity index (χ4n) is 1.74. The van der Waals surface area contributed by atoms with Gasteiger partial charge in [-0.1, -0.05) is 12.8 Å². The van der Waals surface area contributed by atoms with Crippen LogP contribution in [0.1, 0.15) is 31.5 Å². The van der Waals surface area contributed by atoms with Gasteiger partial charge in [0.25, 0.3) is 0 Å². The van der Waals surface area contributed by atoms with Crippen molar-refractivity contribution in [3.05, 3.63) is 5.82 Å². The Bertz CT molecular complexity index is 273. The highest BCUT2D eigenvalue weighted by molar-refractivity contribution is 5.17. The average Bonchev–Trinajstić information content (AvgIpc) is 2.59. The van der Waals surface area contributed by atoms with Gasteiger partial charge in [0, 0.05) is 0 Å². The number of rotatable bonds is 1. The smallest absolute Gasteiger partial charge is 0.239 e. The van der Waals surface area contributed by atoms with Crippen molar-refractivity contribution in [2.24, 2.45) is 5.73 Å². The van der Waals surface area contributed by atoms with Crippen molar-refractivity contribution in [1.82, 2.24) is 15.2 Å². The first kappa shape index (κ1) is 7.54. The minimum absolute atomic E-state index is 0.279. The summed E-state index contributed by atoms with van der Waals surface area (Å²) in [4.78, 5) is 4.05. The summed E-state index contributed by atoms with van der Waals surface area (Å²) in [7, 11) is 0. The van der Waals surface area contributed by atoms with Crippen LogP contribution in [0.4, 0.5) is 5.95 Å². The third-order valence-corrected chi connectivity index (χ3v) is 2.47. The van der Waals surface area contributed by atoms with E-state index in [1.807, 2.05) is 0 Å². The minimum Gasteiger partial charge on any atom is -0.367 e. The van der Waals surface area contributed by atoms with Crippen molar-refractivity contribution in [1.29, 1.82) is 0 Å². The van der Waals surface area contributed by atoms with Crippen molar-refractivity contribution in [2.45, 2.75) is 31.2 Å². The first-order chi connectivity index (χ1) is 5.71. The number of anilines is 1. The molecule has 1 aromatic rings. The molecule has 5 N–H and O–H groups in total. The number of nitrogens with one attached hydrogen (secondary N) is 1. The van der Waals surface area contributed by atoms with E-state index in [1.54, 1.807) is 0 Å². The van der Waals surface area contributed by atoms with Crippen LogP contribution in [-0.4, -0.2) is 15.2 Å². The molecule has 0 bridgehead atoms. The Morgan fingerprint density at radius 3 is 2.50 bits per heavy atom. The maximum atomic E-state index is 6.10. The largest absolute Gasteiger partial charge is 0.367 e. The molecule has 0 aromatic carbocycles. The zero-order valence-electron chi connectivity index (χ0n) is 6.88. The average molecular weight is 167 g/mol. The van der Waals surface area contributed by atoms with E-state index in [1.165, 1.54) is 0 Å². The molecule has 1 aliphatic rings. The number of hydrogen-bond acceptors (Lipinski definition) is 4. The molecule has 1 aliphatic carbocycles. The molecule has 2 rings (SSSR count). The second kappa shape index (κ2) is 2.45. The Kier molecular flexibility index (Phi) is 1.54. The second-order valence-electron chi connectivity index (χ2n) is 3.41. The van der Waals surface area contributed by atoms with Gasteiger partial charge in [0.15, 0.2) is 0 Å². The number of hydrogen-bond donors (Lipinski definition) is 3. The third kappa shape index (κ3) is 1.06. The van der Waals surface area contributed by atoms with Gasteiger partial charge in [-0.05, 0) is 12.8 Å². The van der Waals surface area contributed by atoms with Crippen LogP contribution >= 0.6 is 0 Å². The van der Waals surface area contributed by atoms with Crippen LogP contribution in [0.15, 0.2) is 0 Å². The van der Waals surface area contributed by atoms with Gasteiger partial charge in [0.1, 0.15) is 5.82 Å². The monoisotopic (exact) mass is 167 g/mol. The van der Waals surface area contributed by atoms with Gasteiger partial charge in [0.05, 0.1) is 5.54 Å². The summed E-state index contributed by atoms with van der Waals surface area (Å²) in [5.74, 6) is 1.01. The molecule has 1 saturated carbocycles. The van der Waals surface area contributed by atoms with Crippen molar-refractivity contribution in [3.63, 3.8) is 0 Å². The van der Waals surface area contributed by atoms with E-state index in [4.69, 9.17) is 11.5 Å². The van der Waals surface area contributed by atoms with Crippen LogP contribution in [-0.2, 0) is 5.54 Å². The fraction of sp³-hybridized carbons (Fsp3) is 0.714. The van der Waals surface area contributed by atoms with Crippen molar-refractivity contribution < 1.29 is 0 Å². The van der Waals surface area contributed by atoms with Gasteiger partial charge >= 0.3 is 0 Å². The summed E-state index contributed by atoms with van der Waals surface area (Å²) >= 11 is 0. The highest BCUT2D eigenvalue weighted by Crippen LogP contribution is 2.34. The lowest BCUT2D eigenvalue weighted by molar-refractivity contribution is 0.433. The predicted molar refractivity (Wildman–Crippen MR) is 45.1 cm³/mol. The zero-order chi connectivity index (χ0) is 8.60. The Morgan fingerprint density at radius 2 is 2.00 bits per heavy atom. The summed E-state index contributed by atoms with van der Waals surface area (Å²) in [5, 5.41) is 6.54. The first-order valence-electron chi connectivity index (χ1n) is 4.18. The van der Waals surface area contributed by atoms with Gasteiger partial charge in [-0.25, -0.2) is 0 Å². The normalized spacial score (nSPS) is 21.4. The van der Waals surface area contributed by atoms with E-state index in [0.717, 1.165) is 31.5 Å². The van der Waals surface area contributed by atoms with Crippen molar-refractivity contribution >= 4 is 5.95 Å². The fourth-order valence-corrected chi connectivity index (χ4v) is 1.74. The number of H-pyrrole nitrogens is 1. The van der Waals surface area contributed by atoms with Gasteiger partial charge in [-0.2, -0.15) is 4.98 Å². The maximum absolute atomic E-state index is 6.10. The van der Waals surface area contributed by atoms with Crippen LogP contribution in [0.25, 0.3) is 0 Å². The van der Waals surface area contributed by atoms with E-state index < -0.39 is 0 Å². The molecule has 66 valence electrons. The molecule has 5 nitrogen and oxygen atoms in total. The van der Waals surface area contributed by atoms with Gasteiger partial charge in [0.2, 0.25) is 5.95 Å². The quantitative estimate of drug-likeness (QED) is 0.553. The molecule has 1 aromatic heterocycles. The Hall–Kier alpha value is -1.10. The topological polar surface area (TPSA) is 93.6 Å². The lowest BCUT2D eigenvalue weighted by Gasteiger charge is -2.19. The second-order valence-corrected chi connectivity index (χ2v) is 3.41. The number of nitrogens with two attached hydrogens (primary N) is 2. The summed E-state index contributed by atoms with van der Waals surface area (Å²) < 4.78 is 0. The van der Waals surface area contributed by atoms with Crippen molar-refractivity contribution in [2.75, 3.05) is 5.73 Å². The van der Waals surface area contributed by atoms with E-state index in [9.17, 15) is 0 Å². The summed E-state index contributed by atoms with van der Waals surface area (Å²) in [6, 6.07) is 0. The molecule has 12 heavy (non-hydrogen) atoms. The number of nitrogen functional groups attached to an aromatic ring is 1. The predicted octanol–water partition coefficient (Wildman–Crippen LogP) is 0.115. The molecule has 0 amide bonds. The van der Waals surface area contributed by atoms with E-state index in [-0.39, 0.29) is 11.5 Å². The van der Waals surface area contributed by atoms with E-state index in [0.29, 0.717) is 0 Å². The van der Waals surface area contributed by atoms with Gasteiger partial charge in [-0.15, -0.1) is 5.10 Å². The zero-order valence-corrected chi connectivity index (χ0v) is 6.88. The molecule has 0 saturated heterocycles. The third-order valence-electron chi connectivity index (χ3n) is 2.47. The molecule has 0 radical (unpaired) electrons. The lowest BCUT2D eigenvalue weighted by Crippen LogP contribution is -2.34. The first-order valence-corrected chi connectivity index (χ1v) is 4.18. The Balaban J connectivity index is 2.28. The molecular weight excluding hydrogens is 154 g/mol. The summed E-state index contributed by atoms with van der Waals surface area (Å²) in [6.07, 6.45) is 4.28. The highest BCUT2D eigenvalue weighted by Gasteiger charge is 2.34. The standard InChI is InChI=1S/C7H13N5/c8-6-10-5(11-12-6)7(9)3-1-2-4-7/h1-4,9H2,(H3,8,10,11,12). The molecule has 1 fully saturated rings. The molecular formula is C7H13N5. The molecule has 0 spiro atoms. The van der Waals surface area contributed by atoms with Crippen LogP contribution in [0.5, 0.6) is 0 Å². The Labute approximate surface area is 70.5 Å². The highest BCUT2D eigenvalue weighted by atomic mass is 15.3. The lowest BCUT2D eigenvalue weighted by atomic mass is 9.99. The van der Waals surface area contributed by atoms with Crippen molar-refractivity contribution in [3.8, 4) is 0 Å². The van der Waals surface area contributed by atoms with Crippen LogP contribution in [0.2, 0.25) is 0 Å². The van der Waals surface area contributed by atoms with Gasteiger partial charge in [-0.3, -0.25) is 5.10 Å². The van der Waals surface area contributed by atoms with E-state index in [2.05, 4.69) is 15.2 Å². The number of aromatic amines is 1. The molecule has 0 unspecified atom stereocenters. The van der Waals surface area contributed by atoms with Crippen LogP contribution < -0.4 is 11.5 Å². The summed E-state index contributed by atoms with van der Waals surface area (Å²) in [6.45, 7) is 0. The van der Waals surface area contributed by atoms with Gasteiger partial charge < -0.3 is 11.5 Å². The van der Waals surface area contributed by atoms with Crippen LogP contribution in [0.3, 0.4) is 0 Å². The molecule has 0 aliphatic heterocycles. The number of aromatic nitrogens is 3. The SMILES string of the molecule is Nc1n[nH]c(C2(N)CCCC2)n1. The number of nitrogens with zero attached hydrogens (tertiary/aromatic N) is 2. The molecule has 1 heterocycles. The molecule has 0 atom stereocenters. The Morgan fingerprint density at radius 1 is 1.33 bits per heavy atom. The van der Waals surface area contributed by atoms with Crippen LogP contribution in [0, 0.1) is 0 Å².